The van der Waals surface area contributed by atoms with Crippen molar-refractivity contribution in [2.45, 2.75) is 55.1 Å². The van der Waals surface area contributed by atoms with Crippen LogP contribution >= 0.6 is 27.7 Å². The first-order chi connectivity index (χ1) is 7.74. The lowest BCUT2D eigenvalue weighted by Crippen LogP contribution is -2.49. The van der Waals surface area contributed by atoms with E-state index in [2.05, 4.69) is 27.8 Å². The van der Waals surface area contributed by atoms with Gasteiger partial charge < -0.3 is 4.90 Å². The van der Waals surface area contributed by atoms with Crippen molar-refractivity contribution in [2.75, 3.05) is 12.3 Å². The number of carbonyl (C=O) groups is 1. The summed E-state index contributed by atoms with van der Waals surface area (Å²) in [6.45, 7) is 3.19. The summed E-state index contributed by atoms with van der Waals surface area (Å²) in [5.41, 5.74) is 0. The zero-order chi connectivity index (χ0) is 11.5. The molecule has 0 aromatic carbocycles. The molecule has 1 aliphatic heterocycles. The Morgan fingerprint density at radius 3 is 2.94 bits per heavy atom. The highest BCUT2D eigenvalue weighted by Crippen LogP contribution is 2.35. The van der Waals surface area contributed by atoms with E-state index in [0.717, 1.165) is 19.4 Å². The average Bonchev–Trinajstić information content (AvgIpc) is 2.71. The number of alkyl halides is 1. The monoisotopic (exact) mass is 305 g/mol. The fourth-order valence-electron chi connectivity index (χ4n) is 2.86. The summed E-state index contributed by atoms with van der Waals surface area (Å²) in [4.78, 5) is 14.4. The Kier molecular flexibility index (Phi) is 4.59. The number of carbonyl (C=O) groups excluding carboxylic acids is 1. The molecule has 0 spiro atoms. The van der Waals surface area contributed by atoms with Gasteiger partial charge in [0.1, 0.15) is 0 Å². The molecule has 1 amide bonds. The second-order valence-electron chi connectivity index (χ2n) is 4.63. The van der Waals surface area contributed by atoms with E-state index in [1.807, 2.05) is 11.8 Å². The Labute approximate surface area is 111 Å². The lowest BCUT2D eigenvalue weighted by Gasteiger charge is -2.37. The van der Waals surface area contributed by atoms with E-state index in [1.165, 1.54) is 25.0 Å². The summed E-state index contributed by atoms with van der Waals surface area (Å²) < 4.78 is 0. The van der Waals surface area contributed by atoms with Crippen molar-refractivity contribution in [3.63, 3.8) is 0 Å². The molecule has 1 aliphatic carbocycles. The summed E-state index contributed by atoms with van der Waals surface area (Å²) in [6, 6.07) is 0.512. The maximum absolute atomic E-state index is 12.1. The SMILES string of the molecule is CCSC1CCCC1N1CCCC(Br)C1=O. The van der Waals surface area contributed by atoms with Crippen LogP contribution < -0.4 is 0 Å². The van der Waals surface area contributed by atoms with Gasteiger partial charge in [-0.2, -0.15) is 11.8 Å². The predicted octanol–water partition coefficient (Wildman–Crippen LogP) is 3.05. The Balaban J connectivity index is 2.02. The minimum absolute atomic E-state index is 0.0779. The number of piperidine rings is 1. The molecule has 1 heterocycles. The summed E-state index contributed by atoms with van der Waals surface area (Å²) in [5, 5.41) is 0.687. The van der Waals surface area contributed by atoms with Crippen LogP contribution in [0.1, 0.15) is 39.0 Å². The number of hydrogen-bond donors (Lipinski definition) is 0. The molecule has 4 heteroatoms. The van der Waals surface area contributed by atoms with Gasteiger partial charge in [-0.15, -0.1) is 0 Å². The number of likely N-dealkylation sites (tertiary alicyclic amines) is 1. The van der Waals surface area contributed by atoms with E-state index in [1.54, 1.807) is 0 Å². The van der Waals surface area contributed by atoms with Crippen LogP contribution in [0.15, 0.2) is 0 Å². The van der Waals surface area contributed by atoms with Gasteiger partial charge in [0.15, 0.2) is 0 Å². The van der Waals surface area contributed by atoms with Crippen molar-refractivity contribution in [3.05, 3.63) is 0 Å². The second kappa shape index (κ2) is 5.76. The van der Waals surface area contributed by atoms with E-state index in [-0.39, 0.29) is 4.83 Å². The topological polar surface area (TPSA) is 20.3 Å². The highest BCUT2D eigenvalue weighted by molar-refractivity contribution is 9.10. The Morgan fingerprint density at radius 2 is 2.19 bits per heavy atom. The fourth-order valence-corrected chi connectivity index (χ4v) is 4.71. The number of halogens is 1. The third-order valence-electron chi connectivity index (χ3n) is 3.61. The van der Waals surface area contributed by atoms with Gasteiger partial charge in [-0.3, -0.25) is 4.79 Å². The first-order valence-corrected chi connectivity index (χ1v) is 8.26. The molecule has 1 saturated carbocycles. The van der Waals surface area contributed by atoms with Crippen LogP contribution in [0.3, 0.4) is 0 Å². The van der Waals surface area contributed by atoms with Crippen LogP contribution in [0.25, 0.3) is 0 Å². The third kappa shape index (κ3) is 2.58. The van der Waals surface area contributed by atoms with Gasteiger partial charge in [-0.05, 0) is 31.4 Å². The molecule has 0 aromatic rings. The third-order valence-corrected chi connectivity index (χ3v) is 5.77. The molecule has 92 valence electrons. The molecule has 2 nitrogen and oxygen atoms in total. The molecule has 0 aromatic heterocycles. The first kappa shape index (κ1) is 12.7. The summed E-state index contributed by atoms with van der Waals surface area (Å²) in [5.74, 6) is 1.50. The quantitative estimate of drug-likeness (QED) is 0.747. The molecular weight excluding hydrogens is 286 g/mol. The van der Waals surface area contributed by atoms with E-state index >= 15 is 0 Å². The standard InChI is InChI=1S/C12H20BrNOS/c1-2-16-11-7-3-6-10(11)14-8-4-5-9(13)12(14)15/h9-11H,2-8H2,1H3. The van der Waals surface area contributed by atoms with Crippen LogP contribution in [-0.2, 0) is 4.79 Å². The second-order valence-corrected chi connectivity index (χ2v) is 7.25. The van der Waals surface area contributed by atoms with Crippen molar-refractivity contribution in [3.8, 4) is 0 Å². The normalized spacial score (nSPS) is 35.8. The van der Waals surface area contributed by atoms with Gasteiger partial charge in [-0.1, -0.05) is 29.3 Å². The highest BCUT2D eigenvalue weighted by Gasteiger charge is 2.38. The van der Waals surface area contributed by atoms with Crippen molar-refractivity contribution in [1.82, 2.24) is 4.90 Å². The smallest absolute Gasteiger partial charge is 0.236 e. The Morgan fingerprint density at radius 1 is 1.38 bits per heavy atom. The van der Waals surface area contributed by atoms with Crippen LogP contribution in [0, 0.1) is 0 Å². The Bertz CT molecular complexity index is 261. The molecule has 2 fully saturated rings. The zero-order valence-electron chi connectivity index (χ0n) is 9.82. The van der Waals surface area contributed by atoms with Gasteiger partial charge in [0.2, 0.25) is 5.91 Å². The van der Waals surface area contributed by atoms with Crippen LogP contribution in [0.2, 0.25) is 0 Å². The van der Waals surface area contributed by atoms with E-state index in [0.29, 0.717) is 17.2 Å². The maximum Gasteiger partial charge on any atom is 0.236 e. The van der Waals surface area contributed by atoms with Gasteiger partial charge in [0.05, 0.1) is 4.83 Å². The number of thioether (sulfide) groups is 1. The molecule has 1 saturated heterocycles. The molecule has 2 rings (SSSR count). The van der Waals surface area contributed by atoms with Crippen molar-refractivity contribution >= 4 is 33.6 Å². The molecule has 3 atom stereocenters. The molecular formula is C12H20BrNOS. The van der Waals surface area contributed by atoms with Crippen molar-refractivity contribution < 1.29 is 4.79 Å². The number of nitrogens with zero attached hydrogens (tertiary/aromatic N) is 1. The van der Waals surface area contributed by atoms with Gasteiger partial charge in [0.25, 0.3) is 0 Å². The number of amides is 1. The molecule has 0 radical (unpaired) electrons. The fraction of sp³-hybridized carbons (Fsp3) is 0.917. The Hall–Kier alpha value is 0.300. The molecule has 16 heavy (non-hydrogen) atoms. The first-order valence-electron chi connectivity index (χ1n) is 6.30. The summed E-state index contributed by atoms with van der Waals surface area (Å²) in [7, 11) is 0. The molecule has 3 unspecified atom stereocenters. The van der Waals surface area contributed by atoms with Gasteiger partial charge >= 0.3 is 0 Å². The minimum Gasteiger partial charge on any atom is -0.338 e. The predicted molar refractivity (Wildman–Crippen MR) is 73.2 cm³/mol. The van der Waals surface area contributed by atoms with Gasteiger partial charge in [-0.25, -0.2) is 0 Å². The lowest BCUT2D eigenvalue weighted by molar-refractivity contribution is -0.134. The van der Waals surface area contributed by atoms with E-state index < -0.39 is 0 Å². The van der Waals surface area contributed by atoms with E-state index in [9.17, 15) is 4.79 Å². The van der Waals surface area contributed by atoms with Crippen LogP contribution in [0.5, 0.6) is 0 Å². The molecule has 0 N–H and O–H groups in total. The molecule has 0 bridgehead atoms. The van der Waals surface area contributed by atoms with E-state index in [4.69, 9.17) is 0 Å². The van der Waals surface area contributed by atoms with Crippen LogP contribution in [0.4, 0.5) is 0 Å². The minimum atomic E-state index is 0.0779. The summed E-state index contributed by atoms with van der Waals surface area (Å²) >= 11 is 5.54. The van der Waals surface area contributed by atoms with Crippen molar-refractivity contribution in [1.29, 1.82) is 0 Å². The average molecular weight is 306 g/mol. The number of hydrogen-bond acceptors (Lipinski definition) is 2. The van der Waals surface area contributed by atoms with Gasteiger partial charge in [0, 0.05) is 17.8 Å². The number of rotatable bonds is 3. The van der Waals surface area contributed by atoms with Crippen LogP contribution in [-0.4, -0.2) is 39.2 Å². The lowest BCUT2D eigenvalue weighted by atomic mass is 10.1. The maximum atomic E-state index is 12.1. The largest absolute Gasteiger partial charge is 0.338 e. The summed E-state index contributed by atoms with van der Waals surface area (Å²) in [6.07, 6.45) is 5.96. The molecule has 2 aliphatic rings. The highest BCUT2D eigenvalue weighted by atomic mass is 79.9. The zero-order valence-corrected chi connectivity index (χ0v) is 12.2. The van der Waals surface area contributed by atoms with Crippen molar-refractivity contribution in [2.24, 2.45) is 0 Å².